The SMILES string of the molecule is Cc1cc([N+](=O)[O-])ccc1NC(=O)CSc1nnc([C@H](C)NC(=O)c2ccc(Cl)cc2)n1C. The van der Waals surface area contributed by atoms with Crippen LogP contribution in [0.1, 0.15) is 34.7 Å². The zero-order chi connectivity index (χ0) is 24.1. The molecule has 0 saturated heterocycles. The standard InChI is InChI=1S/C21H21ClN6O4S/c1-12-10-16(28(31)32)8-9-17(12)24-18(29)11-33-21-26-25-19(27(21)3)13(2)23-20(30)14-4-6-15(22)7-5-14/h4-10,13H,11H2,1-3H3,(H,23,30)(H,24,29)/t13-/m0/s1. The third-order valence-corrected chi connectivity index (χ3v) is 6.01. The predicted octanol–water partition coefficient (Wildman–Crippen LogP) is 3.91. The molecule has 2 N–H and O–H groups in total. The molecule has 0 fully saturated rings. The number of amides is 2. The van der Waals surface area contributed by atoms with Gasteiger partial charge in [0.25, 0.3) is 11.6 Å². The number of non-ortho nitro benzene ring substituents is 1. The maximum absolute atomic E-state index is 12.4. The Labute approximate surface area is 198 Å². The molecule has 1 atom stereocenters. The summed E-state index contributed by atoms with van der Waals surface area (Å²) in [6.07, 6.45) is 0. The second-order valence-electron chi connectivity index (χ2n) is 7.20. The molecule has 12 heteroatoms. The molecule has 0 radical (unpaired) electrons. The summed E-state index contributed by atoms with van der Waals surface area (Å²) in [4.78, 5) is 35.1. The molecule has 3 rings (SSSR count). The molecule has 2 aromatic carbocycles. The van der Waals surface area contributed by atoms with Crippen molar-refractivity contribution in [3.05, 3.63) is 74.6 Å². The number of anilines is 1. The van der Waals surface area contributed by atoms with Gasteiger partial charge < -0.3 is 15.2 Å². The lowest BCUT2D eigenvalue weighted by Gasteiger charge is -2.13. The monoisotopic (exact) mass is 488 g/mol. The van der Waals surface area contributed by atoms with Crippen molar-refractivity contribution >= 4 is 46.6 Å². The molecule has 0 spiro atoms. The molecule has 0 saturated carbocycles. The maximum Gasteiger partial charge on any atom is 0.269 e. The minimum atomic E-state index is -0.487. The number of hydrogen-bond acceptors (Lipinski definition) is 7. The lowest BCUT2D eigenvalue weighted by Crippen LogP contribution is -2.28. The van der Waals surface area contributed by atoms with Crippen molar-refractivity contribution in [1.82, 2.24) is 20.1 Å². The highest BCUT2D eigenvalue weighted by Gasteiger charge is 2.19. The van der Waals surface area contributed by atoms with Crippen LogP contribution in [0.2, 0.25) is 5.02 Å². The zero-order valence-electron chi connectivity index (χ0n) is 18.0. The highest BCUT2D eigenvalue weighted by Crippen LogP contribution is 2.23. The van der Waals surface area contributed by atoms with Crippen LogP contribution in [0, 0.1) is 17.0 Å². The Morgan fingerprint density at radius 3 is 2.55 bits per heavy atom. The molecular formula is C21H21ClN6O4S. The minimum absolute atomic E-state index is 0.0382. The number of carbonyl (C=O) groups excluding carboxylic acids is 2. The minimum Gasteiger partial charge on any atom is -0.342 e. The number of nitro groups is 1. The van der Waals surface area contributed by atoms with E-state index in [4.69, 9.17) is 11.6 Å². The van der Waals surface area contributed by atoms with Gasteiger partial charge in [-0.1, -0.05) is 23.4 Å². The van der Waals surface area contributed by atoms with Crippen molar-refractivity contribution in [3.8, 4) is 0 Å². The number of rotatable bonds is 8. The topological polar surface area (TPSA) is 132 Å². The molecule has 1 heterocycles. The van der Waals surface area contributed by atoms with E-state index in [-0.39, 0.29) is 23.3 Å². The van der Waals surface area contributed by atoms with E-state index in [1.165, 1.54) is 30.0 Å². The zero-order valence-corrected chi connectivity index (χ0v) is 19.6. The second-order valence-corrected chi connectivity index (χ2v) is 8.57. The molecule has 0 unspecified atom stereocenters. The number of nitro benzene ring substituents is 1. The van der Waals surface area contributed by atoms with Crippen LogP contribution in [0.25, 0.3) is 0 Å². The Balaban J connectivity index is 1.58. The average Bonchev–Trinajstić information content (AvgIpc) is 3.14. The van der Waals surface area contributed by atoms with Gasteiger partial charge in [0.1, 0.15) is 0 Å². The van der Waals surface area contributed by atoms with Gasteiger partial charge in [0.15, 0.2) is 11.0 Å². The summed E-state index contributed by atoms with van der Waals surface area (Å²) in [5.74, 6) is 0.0414. The maximum atomic E-state index is 12.4. The van der Waals surface area contributed by atoms with Gasteiger partial charge in [0, 0.05) is 35.5 Å². The van der Waals surface area contributed by atoms with Gasteiger partial charge in [0.2, 0.25) is 5.91 Å². The third-order valence-electron chi connectivity index (χ3n) is 4.74. The molecule has 0 aliphatic rings. The number of aromatic nitrogens is 3. The van der Waals surface area contributed by atoms with Crippen LogP contribution in [0.3, 0.4) is 0 Å². The van der Waals surface area contributed by atoms with Crippen LogP contribution in [0.4, 0.5) is 11.4 Å². The van der Waals surface area contributed by atoms with Crippen LogP contribution < -0.4 is 10.6 Å². The molecule has 0 aliphatic heterocycles. The largest absolute Gasteiger partial charge is 0.342 e. The molecule has 10 nitrogen and oxygen atoms in total. The number of aryl methyl sites for hydroxylation is 1. The van der Waals surface area contributed by atoms with Gasteiger partial charge in [-0.25, -0.2) is 0 Å². The van der Waals surface area contributed by atoms with Crippen LogP contribution in [-0.2, 0) is 11.8 Å². The molecule has 172 valence electrons. The fourth-order valence-electron chi connectivity index (χ4n) is 2.99. The number of nitrogens with one attached hydrogen (secondary N) is 2. The van der Waals surface area contributed by atoms with E-state index in [0.717, 1.165) is 0 Å². The molecule has 33 heavy (non-hydrogen) atoms. The van der Waals surface area contributed by atoms with Gasteiger partial charge in [-0.15, -0.1) is 10.2 Å². The third kappa shape index (κ3) is 6.08. The van der Waals surface area contributed by atoms with Gasteiger partial charge in [-0.05, 0) is 49.7 Å². The molecular weight excluding hydrogens is 468 g/mol. The molecule has 2 amide bonds. The fraction of sp³-hybridized carbons (Fsp3) is 0.238. The number of benzene rings is 2. The number of nitrogens with zero attached hydrogens (tertiary/aromatic N) is 4. The number of halogens is 1. The summed E-state index contributed by atoms with van der Waals surface area (Å²) in [6.45, 7) is 3.47. The summed E-state index contributed by atoms with van der Waals surface area (Å²) in [7, 11) is 1.75. The number of hydrogen-bond donors (Lipinski definition) is 2. The summed E-state index contributed by atoms with van der Waals surface area (Å²) in [5, 5.41) is 25.7. The van der Waals surface area contributed by atoms with Crippen molar-refractivity contribution in [2.75, 3.05) is 11.1 Å². The second kappa shape index (κ2) is 10.5. The van der Waals surface area contributed by atoms with E-state index in [2.05, 4.69) is 20.8 Å². The Morgan fingerprint density at radius 2 is 1.91 bits per heavy atom. The molecule has 3 aromatic rings. The molecule has 0 aliphatic carbocycles. The van der Waals surface area contributed by atoms with Crippen molar-refractivity contribution in [2.24, 2.45) is 7.05 Å². The van der Waals surface area contributed by atoms with E-state index in [1.54, 1.807) is 49.7 Å². The first kappa shape index (κ1) is 24.2. The van der Waals surface area contributed by atoms with E-state index >= 15 is 0 Å². The average molecular weight is 489 g/mol. The first-order chi connectivity index (χ1) is 15.7. The van der Waals surface area contributed by atoms with E-state index < -0.39 is 11.0 Å². The Hall–Kier alpha value is -3.44. The molecule has 1 aromatic heterocycles. The fourth-order valence-corrected chi connectivity index (χ4v) is 3.84. The van der Waals surface area contributed by atoms with Crippen LogP contribution in [-0.4, -0.2) is 37.3 Å². The molecule has 0 bridgehead atoms. The highest BCUT2D eigenvalue weighted by molar-refractivity contribution is 7.99. The number of thioether (sulfide) groups is 1. The smallest absolute Gasteiger partial charge is 0.269 e. The van der Waals surface area contributed by atoms with Gasteiger partial charge in [0.05, 0.1) is 16.7 Å². The van der Waals surface area contributed by atoms with Crippen molar-refractivity contribution in [3.63, 3.8) is 0 Å². The van der Waals surface area contributed by atoms with Gasteiger partial charge in [-0.3, -0.25) is 19.7 Å². The predicted molar refractivity (Wildman–Crippen MR) is 126 cm³/mol. The van der Waals surface area contributed by atoms with E-state index in [0.29, 0.717) is 32.8 Å². The number of carbonyl (C=O) groups is 2. The van der Waals surface area contributed by atoms with E-state index in [9.17, 15) is 19.7 Å². The summed E-state index contributed by atoms with van der Waals surface area (Å²) < 4.78 is 1.71. The first-order valence-corrected chi connectivity index (χ1v) is 11.2. The Kier molecular flexibility index (Phi) is 7.67. The van der Waals surface area contributed by atoms with Crippen molar-refractivity contribution in [1.29, 1.82) is 0 Å². The van der Waals surface area contributed by atoms with Crippen molar-refractivity contribution in [2.45, 2.75) is 25.0 Å². The lowest BCUT2D eigenvalue weighted by atomic mass is 10.2. The van der Waals surface area contributed by atoms with Gasteiger partial charge in [-0.2, -0.15) is 0 Å². The first-order valence-electron chi connectivity index (χ1n) is 9.79. The van der Waals surface area contributed by atoms with Crippen LogP contribution in [0.5, 0.6) is 0 Å². The quantitative estimate of drug-likeness (QED) is 0.279. The van der Waals surface area contributed by atoms with Crippen LogP contribution in [0.15, 0.2) is 47.6 Å². The van der Waals surface area contributed by atoms with Gasteiger partial charge >= 0.3 is 0 Å². The van der Waals surface area contributed by atoms with E-state index in [1.807, 2.05) is 0 Å². The summed E-state index contributed by atoms with van der Waals surface area (Å²) in [5.41, 5.74) is 1.53. The Bertz CT molecular complexity index is 1200. The Morgan fingerprint density at radius 1 is 1.21 bits per heavy atom. The normalized spacial score (nSPS) is 11.6. The highest BCUT2D eigenvalue weighted by atomic mass is 35.5. The lowest BCUT2D eigenvalue weighted by molar-refractivity contribution is -0.384. The van der Waals surface area contributed by atoms with Crippen molar-refractivity contribution < 1.29 is 14.5 Å². The summed E-state index contributed by atoms with van der Waals surface area (Å²) >= 11 is 7.04. The summed E-state index contributed by atoms with van der Waals surface area (Å²) in [6, 6.07) is 10.4. The van der Waals surface area contributed by atoms with Crippen LogP contribution >= 0.6 is 23.4 Å².